The first-order chi connectivity index (χ1) is 7.94. The Labute approximate surface area is 98.3 Å². The molecule has 0 heterocycles. The van der Waals surface area contributed by atoms with Gasteiger partial charge in [-0.3, -0.25) is 4.79 Å². The summed E-state index contributed by atoms with van der Waals surface area (Å²) in [6, 6.07) is 4.52. The van der Waals surface area contributed by atoms with Crippen LogP contribution in [0.25, 0.3) is 0 Å². The minimum atomic E-state index is -2.50. The van der Waals surface area contributed by atoms with Gasteiger partial charge in [-0.25, -0.2) is 8.78 Å². The van der Waals surface area contributed by atoms with Crippen LogP contribution in [0.2, 0.25) is 0 Å². The van der Waals surface area contributed by atoms with Crippen molar-refractivity contribution in [2.45, 2.75) is 38.0 Å². The topological polar surface area (TPSA) is 37.3 Å². The molecule has 0 saturated heterocycles. The van der Waals surface area contributed by atoms with E-state index in [0.29, 0.717) is 0 Å². The van der Waals surface area contributed by atoms with Crippen LogP contribution in [0, 0.1) is 6.92 Å². The van der Waals surface area contributed by atoms with Crippen molar-refractivity contribution in [3.8, 4) is 0 Å². The van der Waals surface area contributed by atoms with Crippen molar-refractivity contribution >= 4 is 5.97 Å². The van der Waals surface area contributed by atoms with Crippen molar-refractivity contribution in [1.29, 1.82) is 0 Å². The maximum Gasteiger partial charge on any atom is 0.304 e. The number of benzene rings is 1. The predicted octanol–water partition coefficient (Wildman–Crippen LogP) is 3.44. The molecule has 0 spiro atoms. The second kappa shape index (κ2) is 4.09. The number of hydrogen-bond donors (Lipinski definition) is 1. The molecule has 0 radical (unpaired) electrons. The fourth-order valence-corrected chi connectivity index (χ4v) is 2.33. The van der Waals surface area contributed by atoms with Gasteiger partial charge in [0.05, 0.1) is 6.42 Å². The number of hydrogen-bond acceptors (Lipinski definition) is 1. The predicted molar refractivity (Wildman–Crippen MR) is 59.3 cm³/mol. The number of aryl methyl sites for hydroxylation is 1. The van der Waals surface area contributed by atoms with Crippen LogP contribution in [0.15, 0.2) is 18.2 Å². The number of aliphatic carboxylic acids is 1. The molecule has 2 nitrogen and oxygen atoms in total. The van der Waals surface area contributed by atoms with Crippen molar-refractivity contribution < 1.29 is 18.7 Å². The SMILES string of the molecule is Cc1ccc(C(F)F)cc1C1(CC(=O)O)CC1. The van der Waals surface area contributed by atoms with Gasteiger partial charge in [0.1, 0.15) is 0 Å². The fourth-order valence-electron chi connectivity index (χ4n) is 2.33. The van der Waals surface area contributed by atoms with Crippen LogP contribution in [0.1, 0.15) is 42.4 Å². The normalized spacial score (nSPS) is 17.2. The average molecular weight is 240 g/mol. The van der Waals surface area contributed by atoms with E-state index >= 15 is 0 Å². The van der Waals surface area contributed by atoms with Gasteiger partial charge in [-0.1, -0.05) is 12.1 Å². The highest BCUT2D eigenvalue weighted by molar-refractivity contribution is 5.70. The van der Waals surface area contributed by atoms with Gasteiger partial charge >= 0.3 is 5.97 Å². The Morgan fingerprint density at radius 3 is 2.59 bits per heavy atom. The van der Waals surface area contributed by atoms with Crippen molar-refractivity contribution in [2.24, 2.45) is 0 Å². The minimum Gasteiger partial charge on any atom is -0.481 e. The Morgan fingerprint density at radius 1 is 1.47 bits per heavy atom. The summed E-state index contributed by atoms with van der Waals surface area (Å²) >= 11 is 0. The van der Waals surface area contributed by atoms with Gasteiger partial charge < -0.3 is 5.11 Å². The lowest BCUT2D eigenvalue weighted by Gasteiger charge is -2.17. The smallest absolute Gasteiger partial charge is 0.304 e. The number of halogens is 2. The summed E-state index contributed by atoms with van der Waals surface area (Å²) in [6.07, 6.45) is -0.935. The van der Waals surface area contributed by atoms with Gasteiger partial charge in [0, 0.05) is 11.0 Å². The van der Waals surface area contributed by atoms with E-state index in [1.807, 2.05) is 6.92 Å². The summed E-state index contributed by atoms with van der Waals surface area (Å²) in [5.74, 6) is -0.871. The molecule has 92 valence electrons. The number of carboxylic acid groups (broad SMARTS) is 1. The van der Waals surface area contributed by atoms with Crippen molar-refractivity contribution in [1.82, 2.24) is 0 Å². The van der Waals surface area contributed by atoms with Crippen LogP contribution in [-0.4, -0.2) is 11.1 Å². The highest BCUT2D eigenvalue weighted by Crippen LogP contribution is 2.52. The summed E-state index contributed by atoms with van der Waals surface area (Å²) in [4.78, 5) is 10.8. The standard InChI is InChI=1S/C13H14F2O2/c1-8-2-3-9(12(14)15)6-10(8)13(4-5-13)7-11(16)17/h2-3,6,12H,4-5,7H2,1H3,(H,16,17). The number of alkyl halides is 2. The summed E-state index contributed by atoms with van der Waals surface area (Å²) in [5, 5.41) is 8.87. The van der Waals surface area contributed by atoms with E-state index in [1.54, 1.807) is 6.07 Å². The van der Waals surface area contributed by atoms with E-state index in [2.05, 4.69) is 0 Å². The summed E-state index contributed by atoms with van der Waals surface area (Å²) in [5.41, 5.74) is 1.24. The third kappa shape index (κ3) is 2.30. The summed E-state index contributed by atoms with van der Waals surface area (Å²) < 4.78 is 25.3. The Morgan fingerprint density at radius 2 is 2.12 bits per heavy atom. The number of rotatable bonds is 4. The maximum atomic E-state index is 12.6. The molecule has 4 heteroatoms. The van der Waals surface area contributed by atoms with E-state index in [9.17, 15) is 13.6 Å². The Balaban J connectivity index is 2.37. The van der Waals surface area contributed by atoms with E-state index < -0.39 is 17.8 Å². The highest BCUT2D eigenvalue weighted by Gasteiger charge is 2.46. The lowest BCUT2D eigenvalue weighted by Crippen LogP contribution is -2.14. The quantitative estimate of drug-likeness (QED) is 0.875. The van der Waals surface area contributed by atoms with Crippen LogP contribution in [0.5, 0.6) is 0 Å². The molecular weight excluding hydrogens is 226 g/mol. The molecule has 17 heavy (non-hydrogen) atoms. The monoisotopic (exact) mass is 240 g/mol. The zero-order valence-corrected chi connectivity index (χ0v) is 9.54. The van der Waals surface area contributed by atoms with E-state index in [1.165, 1.54) is 12.1 Å². The first kappa shape index (κ1) is 12.0. The molecular formula is C13H14F2O2. The lowest BCUT2D eigenvalue weighted by molar-refractivity contribution is -0.137. The average Bonchev–Trinajstić information content (AvgIpc) is 2.97. The van der Waals surface area contributed by atoms with E-state index in [-0.39, 0.29) is 12.0 Å². The zero-order chi connectivity index (χ0) is 12.6. The molecule has 0 aliphatic heterocycles. The van der Waals surface area contributed by atoms with Crippen LogP contribution >= 0.6 is 0 Å². The molecule has 1 N–H and O–H groups in total. The zero-order valence-electron chi connectivity index (χ0n) is 9.54. The lowest BCUT2D eigenvalue weighted by atomic mass is 9.88. The second-order valence-corrected chi connectivity index (χ2v) is 4.73. The molecule has 0 bridgehead atoms. The molecule has 2 rings (SSSR count). The van der Waals surface area contributed by atoms with Crippen molar-refractivity contribution in [2.75, 3.05) is 0 Å². The van der Waals surface area contributed by atoms with Gasteiger partial charge in [0.25, 0.3) is 6.43 Å². The van der Waals surface area contributed by atoms with E-state index in [0.717, 1.165) is 24.0 Å². The summed E-state index contributed by atoms with van der Waals surface area (Å²) in [6.45, 7) is 1.84. The largest absolute Gasteiger partial charge is 0.481 e. The number of carbonyl (C=O) groups is 1. The van der Waals surface area contributed by atoms with Crippen LogP contribution < -0.4 is 0 Å². The van der Waals surface area contributed by atoms with Gasteiger partial charge in [-0.15, -0.1) is 0 Å². The van der Waals surface area contributed by atoms with E-state index in [4.69, 9.17) is 5.11 Å². The van der Waals surface area contributed by atoms with Crippen LogP contribution in [0.4, 0.5) is 8.78 Å². The third-order valence-corrected chi connectivity index (χ3v) is 3.43. The molecule has 1 aromatic rings. The third-order valence-electron chi connectivity index (χ3n) is 3.43. The Hall–Kier alpha value is -1.45. The summed E-state index contributed by atoms with van der Waals surface area (Å²) in [7, 11) is 0. The van der Waals surface area contributed by atoms with Crippen molar-refractivity contribution in [3.63, 3.8) is 0 Å². The molecule has 0 amide bonds. The highest BCUT2D eigenvalue weighted by atomic mass is 19.3. The molecule has 0 aromatic heterocycles. The molecule has 0 unspecified atom stereocenters. The molecule has 1 aromatic carbocycles. The molecule has 0 atom stereocenters. The second-order valence-electron chi connectivity index (χ2n) is 4.73. The van der Waals surface area contributed by atoms with Crippen molar-refractivity contribution in [3.05, 3.63) is 34.9 Å². The first-order valence-corrected chi connectivity index (χ1v) is 5.56. The molecule has 1 saturated carbocycles. The molecule has 1 aliphatic carbocycles. The van der Waals surface area contributed by atoms with Gasteiger partial charge in [0.2, 0.25) is 0 Å². The molecule has 1 aliphatic rings. The van der Waals surface area contributed by atoms with Gasteiger partial charge in [-0.2, -0.15) is 0 Å². The van der Waals surface area contributed by atoms with Crippen LogP contribution in [0.3, 0.4) is 0 Å². The number of carboxylic acids is 1. The first-order valence-electron chi connectivity index (χ1n) is 5.56. The Bertz CT molecular complexity index is 451. The maximum absolute atomic E-state index is 12.6. The van der Waals surface area contributed by atoms with Crippen LogP contribution in [-0.2, 0) is 10.2 Å². The minimum absolute atomic E-state index is 0.0257. The van der Waals surface area contributed by atoms with Gasteiger partial charge in [0.15, 0.2) is 0 Å². The molecule has 1 fully saturated rings. The fraction of sp³-hybridized carbons (Fsp3) is 0.462. The van der Waals surface area contributed by atoms with Gasteiger partial charge in [-0.05, 0) is 37.0 Å². The Kier molecular flexibility index (Phi) is 2.89.